The van der Waals surface area contributed by atoms with Gasteiger partial charge in [-0.1, -0.05) is 29.7 Å². The summed E-state index contributed by atoms with van der Waals surface area (Å²) in [7, 11) is 0. The molecule has 14 heteroatoms. The Labute approximate surface area is 178 Å². The van der Waals surface area contributed by atoms with Gasteiger partial charge in [-0.15, -0.1) is 0 Å². The minimum absolute atomic E-state index is 0. The predicted octanol–water partition coefficient (Wildman–Crippen LogP) is 3.80. The Hall–Kier alpha value is -0.800. The first-order chi connectivity index (χ1) is 11.9. The lowest BCUT2D eigenvalue weighted by Crippen LogP contribution is -2.46. The lowest BCUT2D eigenvalue weighted by atomic mass is 10.1. The molecule has 31 heavy (non-hydrogen) atoms. The van der Waals surface area contributed by atoms with Crippen molar-refractivity contribution < 1.29 is 65.0 Å². The van der Waals surface area contributed by atoms with Crippen molar-refractivity contribution in [3.05, 3.63) is 0 Å². The second-order valence-corrected chi connectivity index (χ2v) is 5.93. The molecule has 0 radical (unpaired) electrons. The number of rotatable bonds is 9. The normalized spacial score (nSPS) is 12.2. The van der Waals surface area contributed by atoms with Crippen LogP contribution in [0.3, 0.4) is 0 Å². The van der Waals surface area contributed by atoms with Gasteiger partial charge in [-0.25, -0.2) is 0 Å². The van der Waals surface area contributed by atoms with Gasteiger partial charge in [-0.2, -0.15) is 35.1 Å². The third kappa shape index (κ3) is 18.5. The highest BCUT2D eigenvalue weighted by atomic mass is 19.4. The SMILES string of the molecule is C.C.C.C.CC(CO)(CO)OCC(F)(F)C(F)(F)F.CC(CO)(CO)OCC(F)(F)F. The van der Waals surface area contributed by atoms with Gasteiger partial charge in [0.15, 0.2) is 0 Å². The molecule has 0 atom stereocenters. The van der Waals surface area contributed by atoms with E-state index in [1.54, 1.807) is 0 Å². The molecule has 0 spiro atoms. The van der Waals surface area contributed by atoms with Gasteiger partial charge in [0, 0.05) is 0 Å². The summed E-state index contributed by atoms with van der Waals surface area (Å²) < 4.78 is 103. The van der Waals surface area contributed by atoms with Crippen molar-refractivity contribution in [1.29, 1.82) is 0 Å². The van der Waals surface area contributed by atoms with Crippen LogP contribution in [0.25, 0.3) is 0 Å². The quantitative estimate of drug-likeness (QED) is 0.367. The Balaban J connectivity index is -0.0000000909. The molecule has 198 valence electrons. The molecule has 0 aromatic carbocycles. The van der Waals surface area contributed by atoms with Crippen molar-refractivity contribution in [1.82, 2.24) is 0 Å². The standard InChI is InChI=1S/C7H11F5O3.C6H11F3O3.4CH4/c1-5(2-13,3-14)15-4-6(8,9)7(10,11)12;1-5(2-10,3-11)12-4-6(7,8)9;;;;/h13-14H,2-4H2,1H3;10-11H,2-4H2,1H3;4*1H4. The molecule has 0 rings (SSSR count). The summed E-state index contributed by atoms with van der Waals surface area (Å²) >= 11 is 0. The van der Waals surface area contributed by atoms with E-state index >= 15 is 0 Å². The molecule has 0 amide bonds. The van der Waals surface area contributed by atoms with Gasteiger partial charge in [-0.05, 0) is 13.8 Å². The lowest BCUT2D eigenvalue weighted by molar-refractivity contribution is -0.307. The Morgan fingerprint density at radius 2 is 0.806 bits per heavy atom. The molecule has 4 N–H and O–H groups in total. The third-order valence-electron chi connectivity index (χ3n) is 2.94. The predicted molar refractivity (Wildman–Crippen MR) is 101 cm³/mol. The Kier molecular flexibility index (Phi) is 23.8. The van der Waals surface area contributed by atoms with Crippen molar-refractivity contribution >= 4 is 0 Å². The fourth-order valence-corrected chi connectivity index (χ4v) is 0.885. The Morgan fingerprint density at radius 3 is 1.00 bits per heavy atom. The first-order valence-electron chi connectivity index (χ1n) is 7.13. The van der Waals surface area contributed by atoms with Crippen LogP contribution in [0, 0.1) is 0 Å². The van der Waals surface area contributed by atoms with Gasteiger partial charge in [0.25, 0.3) is 0 Å². The maximum absolute atomic E-state index is 12.3. The number of hydrogen-bond donors (Lipinski definition) is 4. The summed E-state index contributed by atoms with van der Waals surface area (Å²) in [4.78, 5) is 0. The molecule has 0 saturated heterocycles. The van der Waals surface area contributed by atoms with E-state index in [2.05, 4.69) is 9.47 Å². The molecule has 0 aromatic rings. The second-order valence-electron chi connectivity index (χ2n) is 5.93. The number of halogens is 8. The van der Waals surface area contributed by atoms with Crippen molar-refractivity contribution in [2.75, 3.05) is 39.6 Å². The largest absolute Gasteiger partial charge is 0.455 e. The third-order valence-corrected chi connectivity index (χ3v) is 2.94. The molecular formula is C17H38F8O6. The molecule has 0 unspecified atom stereocenters. The Morgan fingerprint density at radius 1 is 0.548 bits per heavy atom. The van der Waals surface area contributed by atoms with E-state index in [0.29, 0.717) is 0 Å². The number of aliphatic hydroxyl groups is 4. The van der Waals surface area contributed by atoms with Gasteiger partial charge in [0.2, 0.25) is 0 Å². The molecule has 0 fully saturated rings. The van der Waals surface area contributed by atoms with Gasteiger partial charge in [0.05, 0.1) is 26.4 Å². The minimum atomic E-state index is -5.71. The van der Waals surface area contributed by atoms with Gasteiger partial charge < -0.3 is 29.9 Å². The average Bonchev–Trinajstić information content (AvgIpc) is 2.56. The molecule has 0 aliphatic rings. The second kappa shape index (κ2) is 16.8. The lowest BCUT2D eigenvalue weighted by Gasteiger charge is -2.28. The topological polar surface area (TPSA) is 99.4 Å². The maximum atomic E-state index is 12.3. The minimum Gasteiger partial charge on any atom is -0.393 e. The molecule has 0 bridgehead atoms. The zero-order valence-electron chi connectivity index (χ0n) is 14.4. The molecule has 0 heterocycles. The van der Waals surface area contributed by atoms with Crippen LogP contribution in [0.5, 0.6) is 0 Å². The fraction of sp³-hybridized carbons (Fsp3) is 1.00. The highest BCUT2D eigenvalue weighted by Gasteiger charge is 2.58. The molecular weight excluding hydrogens is 452 g/mol. The van der Waals surface area contributed by atoms with Crippen molar-refractivity contribution in [2.24, 2.45) is 0 Å². The van der Waals surface area contributed by atoms with E-state index in [9.17, 15) is 35.1 Å². The summed E-state index contributed by atoms with van der Waals surface area (Å²) in [6.07, 6.45) is -10.1. The Bertz CT molecular complexity index is 408. The van der Waals surface area contributed by atoms with E-state index < -0.39 is 69.1 Å². The molecule has 0 saturated carbocycles. The number of aliphatic hydroxyl groups excluding tert-OH is 4. The first kappa shape index (κ1) is 44.0. The van der Waals surface area contributed by atoms with E-state index in [1.165, 1.54) is 6.92 Å². The van der Waals surface area contributed by atoms with Crippen LogP contribution in [-0.2, 0) is 9.47 Å². The summed E-state index contributed by atoms with van der Waals surface area (Å²) in [5.41, 5.74) is -3.33. The maximum Gasteiger partial charge on any atom is 0.455 e. The van der Waals surface area contributed by atoms with Crippen LogP contribution < -0.4 is 0 Å². The van der Waals surface area contributed by atoms with E-state index in [0.717, 1.165) is 6.92 Å². The summed E-state index contributed by atoms with van der Waals surface area (Å²) in [6, 6.07) is 0. The summed E-state index contributed by atoms with van der Waals surface area (Å²) in [5, 5.41) is 34.2. The monoisotopic (exact) mass is 490 g/mol. The van der Waals surface area contributed by atoms with Crippen molar-refractivity contribution in [3.63, 3.8) is 0 Å². The summed E-state index contributed by atoms with van der Waals surface area (Å²) in [6.45, 7) is -4.23. The fourth-order valence-electron chi connectivity index (χ4n) is 0.885. The highest BCUT2D eigenvalue weighted by molar-refractivity contribution is 4.79. The van der Waals surface area contributed by atoms with Crippen molar-refractivity contribution in [2.45, 2.75) is 73.0 Å². The highest BCUT2D eigenvalue weighted by Crippen LogP contribution is 2.36. The molecule has 0 aliphatic heterocycles. The number of ether oxygens (including phenoxy) is 2. The smallest absolute Gasteiger partial charge is 0.393 e. The van der Waals surface area contributed by atoms with E-state index in [1.807, 2.05) is 0 Å². The van der Waals surface area contributed by atoms with Crippen LogP contribution in [0.2, 0.25) is 0 Å². The number of hydrogen-bond acceptors (Lipinski definition) is 6. The van der Waals surface area contributed by atoms with E-state index in [-0.39, 0.29) is 29.7 Å². The zero-order chi connectivity index (χ0) is 22.2. The van der Waals surface area contributed by atoms with Crippen molar-refractivity contribution in [3.8, 4) is 0 Å². The summed E-state index contributed by atoms with van der Waals surface area (Å²) in [5.74, 6) is -5.00. The van der Waals surface area contributed by atoms with Gasteiger partial charge in [-0.3, -0.25) is 0 Å². The van der Waals surface area contributed by atoms with Crippen LogP contribution in [-0.4, -0.2) is 89.5 Å². The van der Waals surface area contributed by atoms with E-state index in [4.69, 9.17) is 20.4 Å². The van der Waals surface area contributed by atoms with Crippen LogP contribution >= 0.6 is 0 Å². The van der Waals surface area contributed by atoms with Crippen LogP contribution in [0.15, 0.2) is 0 Å². The molecule has 0 aliphatic carbocycles. The zero-order valence-corrected chi connectivity index (χ0v) is 14.4. The van der Waals surface area contributed by atoms with Crippen LogP contribution in [0.4, 0.5) is 35.1 Å². The molecule has 6 nitrogen and oxygen atoms in total. The molecule has 0 aromatic heterocycles. The van der Waals surface area contributed by atoms with Gasteiger partial charge >= 0.3 is 18.3 Å². The first-order valence-corrected chi connectivity index (χ1v) is 7.13. The number of alkyl halides is 8. The van der Waals surface area contributed by atoms with Crippen LogP contribution in [0.1, 0.15) is 43.6 Å². The van der Waals surface area contributed by atoms with Gasteiger partial charge in [0.1, 0.15) is 24.4 Å². The average molecular weight is 490 g/mol.